The Labute approximate surface area is 808 Å². The number of carboxylic acids is 2. The lowest BCUT2D eigenvalue weighted by molar-refractivity contribution is -0.156. The summed E-state index contributed by atoms with van der Waals surface area (Å²) in [5.41, 5.74) is 1.35. The molecule has 0 aliphatic rings. The molecule has 0 saturated carbocycles. The van der Waals surface area contributed by atoms with E-state index in [1.165, 1.54) is 52.0 Å². The number of hydrogen-bond acceptors (Lipinski definition) is 28. The normalized spacial score (nSPS) is 12.7. The van der Waals surface area contributed by atoms with Crippen molar-refractivity contribution < 1.29 is 113 Å². The number of benzene rings is 5. The molecule has 4 aromatic heterocycles. The van der Waals surface area contributed by atoms with E-state index in [2.05, 4.69) is 98.1 Å². The van der Waals surface area contributed by atoms with Crippen LogP contribution in [0.5, 0.6) is 11.5 Å². The van der Waals surface area contributed by atoms with Crippen LogP contribution in [0.4, 0.5) is 16.7 Å². The number of anilines is 2. The monoisotopic (exact) mass is 1980 g/mol. The van der Waals surface area contributed by atoms with Crippen LogP contribution in [0.1, 0.15) is 167 Å². The molecule has 140 heavy (non-hydrogen) atoms. The van der Waals surface area contributed by atoms with Crippen molar-refractivity contribution in [2.24, 2.45) is 0 Å². The number of carbonyl (C=O) groups is 13. The number of esters is 2. The van der Waals surface area contributed by atoms with Crippen molar-refractivity contribution in [2.75, 3.05) is 76.2 Å². The summed E-state index contributed by atoms with van der Waals surface area (Å²) in [4.78, 5) is 188. The third-order valence-corrected chi connectivity index (χ3v) is 24.6. The summed E-state index contributed by atoms with van der Waals surface area (Å²) in [6.07, 6.45) is 7.79. The van der Waals surface area contributed by atoms with Gasteiger partial charge in [0.1, 0.15) is 59.5 Å². The molecule has 9 aromatic rings. The fourth-order valence-corrected chi connectivity index (χ4v) is 17.8. The Balaban J connectivity index is 0.758. The van der Waals surface area contributed by atoms with E-state index in [1.807, 2.05) is 0 Å². The van der Waals surface area contributed by atoms with E-state index >= 15 is 0 Å². The van der Waals surface area contributed by atoms with Crippen LogP contribution < -0.4 is 77.4 Å². The number of nitrogens with zero attached hydrogens (tertiary/aromatic N) is 6. The summed E-state index contributed by atoms with van der Waals surface area (Å²) in [6, 6.07) is 15.6. The van der Waals surface area contributed by atoms with Crippen LogP contribution in [-0.2, 0) is 102 Å². The maximum Gasteiger partial charge on any atom is 0.408 e. The number of carbonyl (C=O) groups excluding carboxylic acids is 11. The number of aliphatic carboxylic acids is 2. The number of ether oxygens (including phenoxy) is 5. The van der Waals surface area contributed by atoms with Gasteiger partial charge in [0, 0.05) is 144 Å². The molecule has 0 radical (unpaired) electrons. The molecule has 0 bridgehead atoms. The van der Waals surface area contributed by atoms with Crippen molar-refractivity contribution in [1.29, 1.82) is 0 Å². The zero-order valence-corrected chi connectivity index (χ0v) is 81.2. The number of amides is 9. The van der Waals surface area contributed by atoms with Crippen molar-refractivity contribution >= 4 is 131 Å². The largest absolute Gasteiger partial charge is 0.494 e. The minimum Gasteiger partial charge on any atom is -0.494 e. The first-order valence-electron chi connectivity index (χ1n) is 45.5. The predicted molar refractivity (Wildman–Crippen MR) is 511 cm³/mol. The molecule has 9 rings (SSSR count). The summed E-state index contributed by atoms with van der Waals surface area (Å²) < 4.78 is 91.6. The minimum atomic E-state index is -4.54. The van der Waals surface area contributed by atoms with E-state index in [9.17, 15) is 89.4 Å². The number of fused-ring (bicyclic) bond motifs is 2. The lowest BCUT2D eigenvalue weighted by Gasteiger charge is -2.26. The van der Waals surface area contributed by atoms with Gasteiger partial charge in [0.15, 0.2) is 11.9 Å². The second kappa shape index (κ2) is 52.2. The Kier molecular flexibility index (Phi) is 40.7. The third kappa shape index (κ3) is 35.7. The number of sulfonamides is 2. The van der Waals surface area contributed by atoms with Crippen LogP contribution in [-0.4, -0.2) is 251 Å². The molecule has 45 nitrogen and oxygen atoms in total. The van der Waals surface area contributed by atoms with Gasteiger partial charge < -0.3 is 102 Å². The average Bonchev–Trinajstić information content (AvgIpc) is 0.913. The molecule has 0 spiro atoms. The molecular formula is C93H123N21O24S2. The van der Waals surface area contributed by atoms with E-state index in [1.54, 1.807) is 155 Å². The van der Waals surface area contributed by atoms with Crippen molar-refractivity contribution in [1.82, 2.24) is 96.8 Å². The van der Waals surface area contributed by atoms with Gasteiger partial charge in [-0.15, -0.1) is 0 Å². The standard InChI is InChI=1S/C93H123N21O24S2/c1-57-46-66(47-58(2)80(57)139(130,131)111-71(87(125)126)54-104-82(120)62-22-27-73-64(50-62)52-106-113(73)42-16-32-98-89-100-38-39-101-89)134-44-14-20-75(115)94-34-35-96-77(117)29-24-68(108-85(123)69(25-30-78(118)137-92(5,6)7)109-86(124)70(26-31-79(119)138-93(8,9)10)110-91(129)136-56-61-18-12-11-13-19-61)84(122)97-37-36-95-76(116)21-15-45-135-67-48-59(3)81(60(4)49-67)140(132,133)112-72(88(127)128)55-105-83(121)63-23-28-74-65(51-63)53-107-114(74)43-17-33-99-90-102-40-41-103-90/h11-13,18-19,22-23,27-28,38-41,46-53,68-72,111-112H,14-17,20-21,24-26,29-37,42-45,54-56H2,1-10H3,(H,94,115)(H,95,116)(H,96,117)(H,97,122)(H,104,120)(H,105,121)(H,108,123)(H,109,124)(H,110,129)(H,125,126)(H,127,128)(H2,98,100,101)(H2,99,102,103)/t68?,69-,70-,71-,72-/m0/s1. The van der Waals surface area contributed by atoms with Gasteiger partial charge in [-0.25, -0.2) is 31.6 Å². The first-order chi connectivity index (χ1) is 66.5. The average molecular weight is 1980 g/mol. The highest BCUT2D eigenvalue weighted by Gasteiger charge is 2.35. The first kappa shape index (κ1) is 109. The lowest BCUT2D eigenvalue weighted by Crippen LogP contribution is -2.57. The molecule has 5 aromatic carbocycles. The highest BCUT2D eigenvalue weighted by Crippen LogP contribution is 2.30. The number of nitrogens with one attached hydrogen (secondary N) is 15. The van der Waals surface area contributed by atoms with E-state index < -0.39 is 184 Å². The van der Waals surface area contributed by atoms with Gasteiger partial charge in [-0.2, -0.15) is 19.6 Å². The quantitative estimate of drug-likeness (QED) is 0.0133. The fraction of sp³-hybridized carbons (Fsp3) is 0.452. The Morgan fingerprint density at radius 3 is 1.24 bits per heavy atom. The van der Waals surface area contributed by atoms with Gasteiger partial charge in [0.25, 0.3) is 11.8 Å². The molecule has 17 N–H and O–H groups in total. The Hall–Kier alpha value is -14.6. The van der Waals surface area contributed by atoms with E-state index in [0.29, 0.717) is 67.3 Å². The van der Waals surface area contributed by atoms with E-state index in [-0.39, 0.29) is 133 Å². The van der Waals surface area contributed by atoms with E-state index in [0.717, 1.165) is 11.0 Å². The molecule has 0 saturated heterocycles. The van der Waals surface area contributed by atoms with Gasteiger partial charge in [0.2, 0.25) is 55.5 Å². The zero-order valence-electron chi connectivity index (χ0n) is 79.6. The topological polar surface area (TPSA) is 626 Å². The number of carboxylic acid groups (broad SMARTS) is 2. The molecule has 4 heterocycles. The summed E-state index contributed by atoms with van der Waals surface area (Å²) >= 11 is 0. The molecular weight excluding hydrogens is 1860 g/mol. The molecule has 9 amide bonds. The summed E-state index contributed by atoms with van der Waals surface area (Å²) in [6.45, 7) is 15.9. The highest BCUT2D eigenvalue weighted by atomic mass is 32.2. The van der Waals surface area contributed by atoms with Gasteiger partial charge in [-0.05, 0) is 203 Å². The number of hydrogen-bond donors (Lipinski definition) is 17. The van der Waals surface area contributed by atoms with Gasteiger partial charge in [-0.1, -0.05) is 30.3 Å². The molecule has 47 heteroatoms. The van der Waals surface area contributed by atoms with Crippen LogP contribution in [0.15, 0.2) is 138 Å². The van der Waals surface area contributed by atoms with Crippen LogP contribution in [0.25, 0.3) is 21.8 Å². The number of imidazole rings is 2. The predicted octanol–water partition coefficient (Wildman–Crippen LogP) is 5.16. The van der Waals surface area contributed by atoms with Gasteiger partial charge in [-0.3, -0.25) is 66.9 Å². The second-order valence-electron chi connectivity index (χ2n) is 34.9. The highest BCUT2D eigenvalue weighted by molar-refractivity contribution is 7.90. The summed E-state index contributed by atoms with van der Waals surface area (Å²) in [7, 11) is -9.07. The molecule has 0 fully saturated rings. The maximum absolute atomic E-state index is 14.7. The third-order valence-electron chi connectivity index (χ3n) is 21.0. The molecule has 5 atom stereocenters. The van der Waals surface area contributed by atoms with Crippen molar-refractivity contribution in [3.63, 3.8) is 0 Å². The fourth-order valence-electron chi connectivity index (χ4n) is 14.6. The van der Waals surface area contributed by atoms with Gasteiger partial charge >= 0.3 is 30.0 Å². The molecule has 0 aliphatic carbocycles. The number of aromatic amines is 2. The van der Waals surface area contributed by atoms with Crippen LogP contribution in [0.2, 0.25) is 0 Å². The lowest BCUT2D eigenvalue weighted by atomic mass is 10.1. The molecule has 756 valence electrons. The number of aromatic nitrogens is 8. The first-order valence-corrected chi connectivity index (χ1v) is 48.5. The SMILES string of the molecule is Cc1cc(OCCCC(=O)NCCNC(=O)CCC(NC(=O)[C@H](CCC(=O)OC(C)(C)C)NC(=O)[C@H](CCC(=O)OC(C)(C)C)NC(=O)OCc2ccccc2)C(=O)NCCNC(=O)CCCOc2cc(C)c(S(=O)(=O)N[C@@H](CNC(=O)c3ccc4c(cnn4CCCNc4ncc[nH]4)c3)C(=O)O)c(C)c2)cc(C)c1S(=O)(=O)N[C@@H](CNC(=O)c1ccc2c(cnn2CCCNc2ncc[nH]2)c1)C(=O)O. The van der Waals surface area contributed by atoms with Crippen molar-refractivity contribution in [3.8, 4) is 11.5 Å². The Morgan fingerprint density at radius 2 is 0.836 bits per heavy atom. The van der Waals surface area contributed by atoms with Crippen LogP contribution in [0, 0.1) is 27.7 Å². The van der Waals surface area contributed by atoms with Gasteiger partial charge in [0.05, 0.1) is 46.4 Å². The van der Waals surface area contributed by atoms with Crippen molar-refractivity contribution in [3.05, 3.63) is 167 Å². The number of H-pyrrole nitrogens is 2. The van der Waals surface area contributed by atoms with Crippen LogP contribution in [0.3, 0.4) is 0 Å². The smallest absolute Gasteiger partial charge is 0.408 e. The summed E-state index contributed by atoms with van der Waals surface area (Å²) in [5, 5.41) is 59.9. The number of rotatable bonds is 57. The maximum atomic E-state index is 14.7. The van der Waals surface area contributed by atoms with E-state index in [4.69, 9.17) is 23.7 Å². The van der Waals surface area contributed by atoms with Crippen LogP contribution >= 0.6 is 0 Å². The number of aryl methyl sites for hydroxylation is 6. The Bertz CT molecular complexity index is 6000. The Morgan fingerprint density at radius 1 is 0.443 bits per heavy atom. The number of alkyl carbamates (subject to hydrolysis) is 1. The second-order valence-corrected chi connectivity index (χ2v) is 38.2. The zero-order chi connectivity index (χ0) is 102. The molecule has 0 aliphatic heterocycles. The molecule has 1 unspecified atom stereocenters. The van der Waals surface area contributed by atoms with Crippen molar-refractivity contribution in [2.45, 2.75) is 217 Å². The summed E-state index contributed by atoms with van der Waals surface area (Å²) in [5.74, 6) is -8.72. The minimum absolute atomic E-state index is 0.0133.